The highest BCUT2D eigenvalue weighted by molar-refractivity contribution is 7.87. The molecule has 0 saturated carbocycles. The van der Waals surface area contributed by atoms with Crippen LogP contribution in [0.25, 0.3) is 0 Å². The second-order valence-corrected chi connectivity index (χ2v) is 6.43. The molecular formula is C10H21N5O4S. The summed E-state index contributed by atoms with van der Waals surface area (Å²) in [5.41, 5.74) is 5.29. The second kappa shape index (κ2) is 6.86. The van der Waals surface area contributed by atoms with E-state index in [1.54, 1.807) is 13.8 Å². The first-order chi connectivity index (χ1) is 9.20. The lowest BCUT2D eigenvalue weighted by Gasteiger charge is -2.33. The van der Waals surface area contributed by atoms with Crippen LogP contribution in [0.1, 0.15) is 13.8 Å². The molecule has 1 heterocycles. The Morgan fingerprint density at radius 1 is 1.35 bits per heavy atom. The summed E-state index contributed by atoms with van der Waals surface area (Å²) in [4.78, 5) is 13.2. The van der Waals surface area contributed by atoms with E-state index < -0.39 is 22.4 Å². The summed E-state index contributed by atoms with van der Waals surface area (Å²) in [6.07, 6.45) is -1.37. The van der Waals surface area contributed by atoms with Crippen molar-refractivity contribution in [1.29, 1.82) is 5.41 Å². The molecule has 0 aromatic carbocycles. The zero-order valence-electron chi connectivity index (χ0n) is 11.6. The molecule has 1 aliphatic heterocycles. The van der Waals surface area contributed by atoms with Gasteiger partial charge in [-0.3, -0.25) is 10.3 Å². The van der Waals surface area contributed by atoms with Gasteiger partial charge in [-0.15, -0.1) is 0 Å². The highest BCUT2D eigenvalue weighted by atomic mass is 32.2. The van der Waals surface area contributed by atoms with Gasteiger partial charge in [-0.1, -0.05) is 0 Å². The molecule has 116 valence electrons. The Kier molecular flexibility index (Phi) is 5.72. The summed E-state index contributed by atoms with van der Waals surface area (Å²) in [5, 5.41) is 7.19. The first-order valence-electron chi connectivity index (χ1n) is 6.24. The molecule has 0 radical (unpaired) electrons. The summed E-state index contributed by atoms with van der Waals surface area (Å²) < 4.78 is 31.6. The first-order valence-corrected chi connectivity index (χ1v) is 7.68. The van der Waals surface area contributed by atoms with E-state index in [4.69, 9.17) is 15.9 Å². The number of rotatable bonds is 5. The largest absolute Gasteiger partial charge is 0.446 e. The van der Waals surface area contributed by atoms with E-state index in [-0.39, 0.29) is 18.9 Å². The number of nitrogens with two attached hydrogens (primary N) is 1. The lowest BCUT2D eigenvalue weighted by molar-refractivity contribution is 0.120. The minimum absolute atomic E-state index is 0.0416. The van der Waals surface area contributed by atoms with Crippen LogP contribution >= 0.6 is 0 Å². The van der Waals surface area contributed by atoms with E-state index in [1.165, 1.54) is 4.31 Å². The molecule has 20 heavy (non-hydrogen) atoms. The monoisotopic (exact) mass is 307 g/mol. The summed E-state index contributed by atoms with van der Waals surface area (Å²) in [6, 6.07) is 0. The molecule has 1 rings (SSSR count). The third kappa shape index (κ3) is 5.31. The van der Waals surface area contributed by atoms with Crippen molar-refractivity contribution >= 4 is 22.1 Å². The number of hydrogen-bond acceptors (Lipinski definition) is 6. The highest BCUT2D eigenvalue weighted by Crippen LogP contribution is 2.06. The molecule has 4 N–H and O–H groups in total. The third-order valence-corrected chi connectivity index (χ3v) is 4.09. The van der Waals surface area contributed by atoms with Crippen LogP contribution < -0.4 is 10.5 Å². The smallest absolute Gasteiger partial charge is 0.422 e. The average Bonchev–Trinajstić information content (AvgIpc) is 2.26. The summed E-state index contributed by atoms with van der Waals surface area (Å²) in [7, 11) is -3.88. The fraction of sp³-hybridized carbons (Fsp3) is 0.800. The predicted molar refractivity (Wildman–Crippen MR) is 73.6 cm³/mol. The number of piperazine rings is 1. The molecule has 1 saturated heterocycles. The van der Waals surface area contributed by atoms with Crippen molar-refractivity contribution in [2.45, 2.75) is 20.0 Å². The molecule has 0 unspecified atom stereocenters. The van der Waals surface area contributed by atoms with Crippen LogP contribution in [-0.2, 0) is 14.9 Å². The van der Waals surface area contributed by atoms with E-state index in [9.17, 15) is 13.2 Å². The molecule has 1 aliphatic rings. The second-order valence-electron chi connectivity index (χ2n) is 4.76. The fourth-order valence-corrected chi connectivity index (χ4v) is 2.81. The molecular weight excluding hydrogens is 286 g/mol. The molecule has 0 aliphatic carbocycles. The maximum absolute atomic E-state index is 11.9. The minimum atomic E-state index is -3.88. The van der Waals surface area contributed by atoms with Crippen LogP contribution in [0.3, 0.4) is 0 Å². The Morgan fingerprint density at radius 3 is 2.35 bits per heavy atom. The average molecular weight is 307 g/mol. The van der Waals surface area contributed by atoms with Crippen molar-refractivity contribution in [3.05, 3.63) is 0 Å². The number of carbonyl (C=O) groups excluding carboxylic acids is 1. The Balaban J connectivity index is 2.50. The highest BCUT2D eigenvalue weighted by Gasteiger charge is 2.29. The van der Waals surface area contributed by atoms with Crippen molar-refractivity contribution in [3.8, 4) is 0 Å². The molecule has 0 aromatic rings. The van der Waals surface area contributed by atoms with Crippen molar-refractivity contribution in [3.63, 3.8) is 0 Å². The van der Waals surface area contributed by atoms with Crippen LogP contribution in [0, 0.1) is 5.41 Å². The molecule has 0 aromatic heterocycles. The Labute approximate surface area is 118 Å². The number of nitrogens with one attached hydrogen (secondary N) is 2. The van der Waals surface area contributed by atoms with Gasteiger partial charge in [0.1, 0.15) is 5.84 Å². The van der Waals surface area contributed by atoms with E-state index in [0.717, 1.165) is 0 Å². The number of carbonyl (C=O) groups is 1. The summed E-state index contributed by atoms with van der Waals surface area (Å²) >= 11 is 0. The van der Waals surface area contributed by atoms with Crippen LogP contribution in [0.2, 0.25) is 0 Å². The van der Waals surface area contributed by atoms with Gasteiger partial charge >= 0.3 is 16.3 Å². The van der Waals surface area contributed by atoms with Gasteiger partial charge in [0, 0.05) is 26.2 Å². The number of amides is 1. The van der Waals surface area contributed by atoms with Crippen LogP contribution in [0.5, 0.6) is 0 Å². The zero-order valence-corrected chi connectivity index (χ0v) is 12.4. The normalized spacial score (nSPS) is 17.9. The van der Waals surface area contributed by atoms with Crippen molar-refractivity contribution < 1.29 is 17.9 Å². The maximum atomic E-state index is 11.9. The number of nitrogens with zero attached hydrogens (tertiary/aromatic N) is 2. The van der Waals surface area contributed by atoms with Gasteiger partial charge < -0.3 is 10.5 Å². The molecule has 1 amide bonds. The lowest BCUT2D eigenvalue weighted by Crippen LogP contribution is -2.54. The zero-order chi connectivity index (χ0) is 15.3. The number of ether oxygens (including phenoxy) is 1. The van der Waals surface area contributed by atoms with Crippen molar-refractivity contribution in [2.75, 3.05) is 32.7 Å². The summed E-state index contributed by atoms with van der Waals surface area (Å²) in [5.74, 6) is 0.0416. The van der Waals surface area contributed by atoms with Gasteiger partial charge in [-0.2, -0.15) is 12.7 Å². The molecule has 9 nitrogen and oxygen atoms in total. The molecule has 0 spiro atoms. The standard InChI is InChI=1S/C10H21N5O4S/c1-8(2)19-10(16)13-20(17,18)15-5-3-14(4-6-15)7-9(11)12/h8H,3-7H2,1-2H3,(H3,11,12)(H,13,16). The Hall–Kier alpha value is -1.39. The topological polar surface area (TPSA) is 129 Å². The van der Waals surface area contributed by atoms with E-state index in [1.807, 2.05) is 9.62 Å². The molecule has 10 heteroatoms. The van der Waals surface area contributed by atoms with Gasteiger partial charge in [0.05, 0.1) is 12.6 Å². The third-order valence-electron chi connectivity index (χ3n) is 2.62. The SMILES string of the molecule is CC(C)OC(=O)NS(=O)(=O)N1CCN(CC(=N)N)CC1. The number of amidine groups is 1. The van der Waals surface area contributed by atoms with Crippen LogP contribution in [0.15, 0.2) is 0 Å². The van der Waals surface area contributed by atoms with Crippen molar-refractivity contribution in [1.82, 2.24) is 13.9 Å². The van der Waals surface area contributed by atoms with E-state index in [2.05, 4.69) is 0 Å². The van der Waals surface area contributed by atoms with Gasteiger partial charge in [-0.05, 0) is 13.8 Å². The Morgan fingerprint density at radius 2 is 1.90 bits per heavy atom. The molecule has 0 bridgehead atoms. The Bertz CT molecular complexity index is 456. The predicted octanol–water partition coefficient (Wildman–Crippen LogP) is -1.08. The van der Waals surface area contributed by atoms with Gasteiger partial charge in [-0.25, -0.2) is 9.52 Å². The van der Waals surface area contributed by atoms with Gasteiger partial charge in [0.25, 0.3) is 0 Å². The number of hydrogen-bond donors (Lipinski definition) is 3. The first kappa shape index (κ1) is 16.7. The van der Waals surface area contributed by atoms with Gasteiger partial charge in [0.15, 0.2) is 0 Å². The maximum Gasteiger partial charge on any atom is 0.422 e. The van der Waals surface area contributed by atoms with Crippen LogP contribution in [-0.4, -0.2) is 68.4 Å². The van der Waals surface area contributed by atoms with Gasteiger partial charge in [0.2, 0.25) is 0 Å². The van der Waals surface area contributed by atoms with Crippen molar-refractivity contribution in [2.24, 2.45) is 5.73 Å². The van der Waals surface area contributed by atoms with Crippen LogP contribution in [0.4, 0.5) is 4.79 Å². The summed E-state index contributed by atoms with van der Waals surface area (Å²) in [6.45, 7) is 4.96. The fourth-order valence-electron chi connectivity index (χ4n) is 1.78. The minimum Gasteiger partial charge on any atom is -0.446 e. The molecule has 0 atom stereocenters. The molecule has 1 fully saturated rings. The van der Waals surface area contributed by atoms with E-state index in [0.29, 0.717) is 19.6 Å². The lowest BCUT2D eigenvalue weighted by atomic mass is 10.3. The van der Waals surface area contributed by atoms with E-state index >= 15 is 0 Å². The quantitative estimate of drug-likeness (QED) is 0.438.